The van der Waals surface area contributed by atoms with Gasteiger partial charge in [0.05, 0.1) is 0 Å². The molecule has 1 aromatic rings. The average molecular weight is 296 g/mol. The summed E-state index contributed by atoms with van der Waals surface area (Å²) in [7, 11) is 0. The minimum atomic E-state index is 0.427. The molecule has 22 heavy (non-hydrogen) atoms. The zero-order valence-electron chi connectivity index (χ0n) is 14.2. The van der Waals surface area contributed by atoms with Gasteiger partial charge in [-0.15, -0.1) is 0 Å². The second-order valence-corrected chi connectivity index (χ2v) is 8.25. The third-order valence-electron chi connectivity index (χ3n) is 5.62. The maximum Gasteiger partial charge on any atom is 0.0451 e. The fourth-order valence-electron chi connectivity index (χ4n) is 4.55. The molecular formula is C20H28N2. The normalized spacial score (nSPS) is 26.8. The summed E-state index contributed by atoms with van der Waals surface area (Å²) in [5, 5.41) is 3.76. The van der Waals surface area contributed by atoms with E-state index in [1.54, 1.807) is 11.1 Å². The van der Waals surface area contributed by atoms with E-state index in [4.69, 9.17) is 0 Å². The number of fused-ring (bicyclic) bond motifs is 2. The van der Waals surface area contributed by atoms with Crippen molar-refractivity contribution in [2.24, 2.45) is 5.41 Å². The van der Waals surface area contributed by atoms with Gasteiger partial charge < -0.3 is 5.32 Å². The second kappa shape index (κ2) is 5.13. The Labute approximate surface area is 134 Å². The van der Waals surface area contributed by atoms with Gasteiger partial charge in [-0.25, -0.2) is 0 Å². The second-order valence-electron chi connectivity index (χ2n) is 8.25. The molecule has 0 spiro atoms. The summed E-state index contributed by atoms with van der Waals surface area (Å²) in [6.45, 7) is 10.8. The Morgan fingerprint density at radius 1 is 1.18 bits per heavy atom. The van der Waals surface area contributed by atoms with E-state index in [0.717, 1.165) is 6.54 Å². The maximum absolute atomic E-state index is 3.76. The molecule has 0 radical (unpaired) electrons. The quantitative estimate of drug-likeness (QED) is 0.853. The van der Waals surface area contributed by atoms with Crippen molar-refractivity contribution in [1.29, 1.82) is 0 Å². The highest BCUT2D eigenvalue weighted by Crippen LogP contribution is 2.50. The standard InChI is InChI=1S/C20H28N2/c1-14-17-11-20(2,3)12-18(17)16-7-6-15(10-19(16)21-14)13-22-8-4-5-9-22/h6-7,10,14,21H,4-5,8-9,11-13H2,1-3H3. The van der Waals surface area contributed by atoms with E-state index in [-0.39, 0.29) is 0 Å². The highest BCUT2D eigenvalue weighted by Gasteiger charge is 2.36. The lowest BCUT2D eigenvalue weighted by atomic mass is 9.88. The monoisotopic (exact) mass is 296 g/mol. The van der Waals surface area contributed by atoms with Crippen LogP contribution < -0.4 is 5.32 Å². The lowest BCUT2D eigenvalue weighted by Crippen LogP contribution is -2.23. The third kappa shape index (κ3) is 2.48. The van der Waals surface area contributed by atoms with Gasteiger partial charge in [0.15, 0.2) is 0 Å². The number of nitrogens with one attached hydrogen (secondary N) is 1. The molecule has 2 heteroatoms. The van der Waals surface area contributed by atoms with Gasteiger partial charge in [0.25, 0.3) is 0 Å². The lowest BCUT2D eigenvalue weighted by molar-refractivity contribution is 0.331. The van der Waals surface area contributed by atoms with Crippen molar-refractivity contribution in [2.75, 3.05) is 18.4 Å². The Bertz CT molecular complexity index is 621. The molecule has 2 heterocycles. The first-order chi connectivity index (χ1) is 10.5. The molecule has 4 rings (SSSR count). The lowest BCUT2D eigenvalue weighted by Gasteiger charge is -2.28. The Kier molecular flexibility index (Phi) is 3.34. The van der Waals surface area contributed by atoms with E-state index in [1.165, 1.54) is 55.6 Å². The molecule has 118 valence electrons. The summed E-state index contributed by atoms with van der Waals surface area (Å²) in [5.74, 6) is 0. The summed E-state index contributed by atoms with van der Waals surface area (Å²) < 4.78 is 0. The molecule has 0 saturated carbocycles. The number of benzene rings is 1. The zero-order valence-corrected chi connectivity index (χ0v) is 14.2. The largest absolute Gasteiger partial charge is 0.378 e. The highest BCUT2D eigenvalue weighted by molar-refractivity contribution is 5.84. The first-order valence-electron chi connectivity index (χ1n) is 8.86. The minimum Gasteiger partial charge on any atom is -0.378 e. The van der Waals surface area contributed by atoms with Crippen LogP contribution in [0.4, 0.5) is 5.69 Å². The number of anilines is 1. The smallest absolute Gasteiger partial charge is 0.0451 e. The first kappa shape index (κ1) is 14.3. The van der Waals surface area contributed by atoms with Crippen LogP contribution in [0.25, 0.3) is 5.57 Å². The van der Waals surface area contributed by atoms with Crippen LogP contribution in [0.3, 0.4) is 0 Å². The molecule has 1 aliphatic carbocycles. The van der Waals surface area contributed by atoms with E-state index < -0.39 is 0 Å². The summed E-state index contributed by atoms with van der Waals surface area (Å²) in [6.07, 6.45) is 5.20. The summed E-state index contributed by atoms with van der Waals surface area (Å²) >= 11 is 0. The highest BCUT2D eigenvalue weighted by atomic mass is 15.1. The van der Waals surface area contributed by atoms with Gasteiger partial charge in [-0.1, -0.05) is 26.0 Å². The van der Waals surface area contributed by atoms with Crippen molar-refractivity contribution in [3.8, 4) is 0 Å². The van der Waals surface area contributed by atoms with Crippen molar-refractivity contribution in [2.45, 2.75) is 59.0 Å². The van der Waals surface area contributed by atoms with E-state index >= 15 is 0 Å². The van der Waals surface area contributed by atoms with Crippen LogP contribution in [0.15, 0.2) is 23.8 Å². The molecule has 1 saturated heterocycles. The summed E-state index contributed by atoms with van der Waals surface area (Å²) in [5.41, 5.74) is 7.98. The molecule has 2 nitrogen and oxygen atoms in total. The van der Waals surface area contributed by atoms with Gasteiger partial charge in [0.1, 0.15) is 0 Å². The molecule has 1 N–H and O–H groups in total. The number of allylic oxidation sites excluding steroid dienone is 1. The molecule has 2 aliphatic heterocycles. The molecule has 0 amide bonds. The van der Waals surface area contributed by atoms with Gasteiger partial charge in [-0.2, -0.15) is 0 Å². The average Bonchev–Trinajstić information content (AvgIpc) is 3.06. The Hall–Kier alpha value is -1.28. The molecule has 1 unspecified atom stereocenters. The number of hydrogen-bond donors (Lipinski definition) is 1. The zero-order chi connectivity index (χ0) is 15.3. The van der Waals surface area contributed by atoms with Crippen LogP contribution in [-0.2, 0) is 6.54 Å². The van der Waals surface area contributed by atoms with Gasteiger partial charge in [0, 0.05) is 23.8 Å². The fraction of sp³-hybridized carbons (Fsp3) is 0.600. The Morgan fingerprint density at radius 2 is 1.95 bits per heavy atom. The van der Waals surface area contributed by atoms with Crippen molar-refractivity contribution >= 4 is 11.3 Å². The van der Waals surface area contributed by atoms with Crippen molar-refractivity contribution in [3.05, 3.63) is 34.9 Å². The van der Waals surface area contributed by atoms with Gasteiger partial charge >= 0.3 is 0 Å². The molecule has 1 fully saturated rings. The summed E-state index contributed by atoms with van der Waals surface area (Å²) in [4.78, 5) is 2.58. The van der Waals surface area contributed by atoms with Crippen LogP contribution in [-0.4, -0.2) is 24.0 Å². The fourth-order valence-corrected chi connectivity index (χ4v) is 4.55. The van der Waals surface area contributed by atoms with Crippen LogP contribution in [0, 0.1) is 5.41 Å². The molecule has 1 atom stereocenters. The minimum absolute atomic E-state index is 0.427. The number of likely N-dealkylation sites (tertiary alicyclic amines) is 1. The Balaban J connectivity index is 1.63. The van der Waals surface area contributed by atoms with E-state index in [2.05, 4.69) is 49.2 Å². The van der Waals surface area contributed by atoms with Crippen LogP contribution in [0.1, 0.15) is 57.6 Å². The maximum atomic E-state index is 3.76. The number of rotatable bonds is 2. The van der Waals surface area contributed by atoms with Crippen molar-refractivity contribution in [1.82, 2.24) is 4.90 Å². The van der Waals surface area contributed by atoms with Crippen LogP contribution >= 0.6 is 0 Å². The van der Waals surface area contributed by atoms with Gasteiger partial charge in [-0.05, 0) is 73.9 Å². The predicted molar refractivity (Wildman–Crippen MR) is 94.0 cm³/mol. The third-order valence-corrected chi connectivity index (χ3v) is 5.62. The van der Waals surface area contributed by atoms with E-state index in [1.807, 2.05) is 0 Å². The topological polar surface area (TPSA) is 15.3 Å². The van der Waals surface area contributed by atoms with Crippen LogP contribution in [0.2, 0.25) is 0 Å². The van der Waals surface area contributed by atoms with Crippen molar-refractivity contribution in [3.63, 3.8) is 0 Å². The molecule has 3 aliphatic rings. The predicted octanol–water partition coefficient (Wildman–Crippen LogP) is 4.67. The van der Waals surface area contributed by atoms with Gasteiger partial charge in [0.2, 0.25) is 0 Å². The van der Waals surface area contributed by atoms with E-state index in [0.29, 0.717) is 11.5 Å². The van der Waals surface area contributed by atoms with Crippen molar-refractivity contribution < 1.29 is 0 Å². The Morgan fingerprint density at radius 3 is 2.73 bits per heavy atom. The van der Waals surface area contributed by atoms with Crippen LogP contribution in [0.5, 0.6) is 0 Å². The van der Waals surface area contributed by atoms with E-state index in [9.17, 15) is 0 Å². The van der Waals surface area contributed by atoms with Gasteiger partial charge in [-0.3, -0.25) is 4.90 Å². The number of nitrogens with zero attached hydrogens (tertiary/aromatic N) is 1. The number of hydrogen-bond acceptors (Lipinski definition) is 2. The molecular weight excluding hydrogens is 268 g/mol. The SMILES string of the molecule is CC1Nc2cc(CN3CCCC3)ccc2C2=C1CC(C)(C)C2. The summed E-state index contributed by atoms with van der Waals surface area (Å²) in [6, 6.07) is 7.62. The molecule has 1 aromatic carbocycles. The first-order valence-corrected chi connectivity index (χ1v) is 8.86. The molecule has 0 aromatic heterocycles. The molecule has 0 bridgehead atoms.